The first-order valence-corrected chi connectivity index (χ1v) is 7.73. The Labute approximate surface area is 127 Å². The highest BCUT2D eigenvalue weighted by Crippen LogP contribution is 2.20. The number of rotatable bonds is 3. The smallest absolute Gasteiger partial charge is 0.257 e. The maximum atomic E-state index is 12.9. The van der Waals surface area contributed by atoms with Crippen LogP contribution >= 0.6 is 0 Å². The summed E-state index contributed by atoms with van der Waals surface area (Å²) in [7, 11) is 2.11. The lowest BCUT2D eigenvalue weighted by atomic mass is 10.1. The van der Waals surface area contributed by atoms with Gasteiger partial charge in [-0.3, -0.25) is 9.78 Å². The van der Waals surface area contributed by atoms with Gasteiger partial charge in [0.15, 0.2) is 0 Å². The molecule has 2 heterocycles. The third-order valence-electron chi connectivity index (χ3n) is 3.95. The predicted molar refractivity (Wildman–Crippen MR) is 85.8 cm³/mol. The molecule has 1 aliphatic rings. The summed E-state index contributed by atoms with van der Waals surface area (Å²) >= 11 is 0. The van der Waals surface area contributed by atoms with Crippen molar-refractivity contribution in [2.24, 2.45) is 0 Å². The molecule has 116 valence electrons. The molecule has 1 unspecified atom stereocenters. The largest absolute Gasteiger partial charge is 0.385 e. The molecule has 1 saturated heterocycles. The molecule has 5 nitrogen and oxygen atoms in total. The fraction of sp³-hybridized carbons (Fsp3) is 0.625. The molecule has 0 saturated carbocycles. The number of amides is 1. The molecule has 1 atom stereocenters. The third kappa shape index (κ3) is 3.73. The number of nitrogens with zero attached hydrogens (tertiary/aromatic N) is 3. The maximum absolute atomic E-state index is 12.9. The van der Waals surface area contributed by atoms with E-state index in [1.165, 1.54) is 0 Å². The van der Waals surface area contributed by atoms with Gasteiger partial charge in [0, 0.05) is 37.6 Å². The van der Waals surface area contributed by atoms with Crippen LogP contribution in [-0.4, -0.2) is 60.0 Å². The van der Waals surface area contributed by atoms with Crippen LogP contribution in [0.5, 0.6) is 0 Å². The van der Waals surface area contributed by atoms with Crippen LogP contribution in [-0.2, 0) is 0 Å². The highest BCUT2D eigenvalue weighted by Gasteiger charge is 2.26. The Balaban J connectivity index is 2.26. The maximum Gasteiger partial charge on any atom is 0.257 e. The van der Waals surface area contributed by atoms with Crippen LogP contribution < -0.4 is 5.32 Å². The number of nitrogens with one attached hydrogen (secondary N) is 1. The van der Waals surface area contributed by atoms with Gasteiger partial charge in [-0.05, 0) is 46.9 Å². The molecular formula is C16H26N4O. The fourth-order valence-electron chi connectivity index (χ4n) is 2.90. The van der Waals surface area contributed by atoms with Crippen LogP contribution in [0.25, 0.3) is 0 Å². The molecule has 1 aliphatic heterocycles. The molecular weight excluding hydrogens is 264 g/mol. The van der Waals surface area contributed by atoms with Crippen LogP contribution in [0.3, 0.4) is 0 Å². The van der Waals surface area contributed by atoms with Gasteiger partial charge >= 0.3 is 0 Å². The van der Waals surface area contributed by atoms with Crippen molar-refractivity contribution < 1.29 is 4.79 Å². The van der Waals surface area contributed by atoms with Gasteiger partial charge in [0.2, 0.25) is 0 Å². The van der Waals surface area contributed by atoms with Crippen LogP contribution in [0, 0.1) is 6.92 Å². The fourth-order valence-corrected chi connectivity index (χ4v) is 2.90. The first-order valence-electron chi connectivity index (χ1n) is 7.73. The van der Waals surface area contributed by atoms with Crippen molar-refractivity contribution in [1.82, 2.24) is 14.8 Å². The van der Waals surface area contributed by atoms with Crippen LogP contribution in [0.4, 0.5) is 5.69 Å². The summed E-state index contributed by atoms with van der Waals surface area (Å²) in [6.45, 7) is 9.66. The molecule has 0 radical (unpaired) electrons. The highest BCUT2D eigenvalue weighted by atomic mass is 16.2. The zero-order valence-electron chi connectivity index (χ0n) is 13.5. The molecule has 1 amide bonds. The molecule has 1 aromatic heterocycles. The van der Waals surface area contributed by atoms with Gasteiger partial charge in [-0.1, -0.05) is 0 Å². The molecule has 1 N–H and O–H groups in total. The van der Waals surface area contributed by atoms with E-state index in [9.17, 15) is 4.79 Å². The molecule has 1 fully saturated rings. The Hall–Kier alpha value is -1.62. The Morgan fingerprint density at radius 3 is 2.95 bits per heavy atom. The number of pyridine rings is 1. The number of aryl methyl sites for hydroxylation is 1. The molecule has 2 rings (SSSR count). The molecule has 5 heteroatoms. The number of anilines is 1. The first-order chi connectivity index (χ1) is 10.0. The van der Waals surface area contributed by atoms with Gasteiger partial charge < -0.3 is 15.1 Å². The van der Waals surface area contributed by atoms with E-state index in [4.69, 9.17) is 0 Å². The van der Waals surface area contributed by atoms with Gasteiger partial charge in [0.25, 0.3) is 5.91 Å². The number of hydrogen-bond acceptors (Lipinski definition) is 4. The Kier molecular flexibility index (Phi) is 5.17. The number of hydrogen-bond donors (Lipinski definition) is 1. The topological polar surface area (TPSA) is 48.5 Å². The zero-order chi connectivity index (χ0) is 15.4. The Bertz CT molecular complexity index is 503. The summed E-state index contributed by atoms with van der Waals surface area (Å²) in [6, 6.07) is 2.17. The van der Waals surface area contributed by atoms with Crippen molar-refractivity contribution in [1.29, 1.82) is 0 Å². The summed E-state index contributed by atoms with van der Waals surface area (Å²) in [4.78, 5) is 21.5. The lowest BCUT2D eigenvalue weighted by Crippen LogP contribution is -2.42. The van der Waals surface area contributed by atoms with Crippen LogP contribution in [0.15, 0.2) is 12.3 Å². The second kappa shape index (κ2) is 6.89. The van der Waals surface area contributed by atoms with Crippen molar-refractivity contribution in [2.75, 3.05) is 38.5 Å². The Morgan fingerprint density at radius 1 is 1.48 bits per heavy atom. The lowest BCUT2D eigenvalue weighted by molar-refractivity contribution is 0.0697. The first kappa shape index (κ1) is 15.8. The van der Waals surface area contributed by atoms with E-state index in [0.717, 1.165) is 44.0 Å². The summed E-state index contributed by atoms with van der Waals surface area (Å²) in [5, 5.41) is 3.28. The lowest BCUT2D eigenvalue weighted by Gasteiger charge is -2.28. The van der Waals surface area contributed by atoms with Gasteiger partial charge in [-0.25, -0.2) is 0 Å². The average molecular weight is 290 g/mol. The molecule has 0 spiro atoms. The van der Waals surface area contributed by atoms with Crippen LogP contribution in [0.1, 0.15) is 36.3 Å². The van der Waals surface area contributed by atoms with Gasteiger partial charge in [-0.15, -0.1) is 0 Å². The summed E-state index contributed by atoms with van der Waals surface area (Å²) in [5.74, 6) is 0.0845. The van der Waals surface area contributed by atoms with E-state index < -0.39 is 0 Å². The van der Waals surface area contributed by atoms with E-state index in [-0.39, 0.29) is 11.9 Å². The number of likely N-dealkylation sites (N-methyl/N-ethyl adjacent to an activating group) is 1. The Morgan fingerprint density at radius 2 is 2.24 bits per heavy atom. The molecule has 1 aromatic rings. The normalized spacial score (nSPS) is 20.2. The van der Waals surface area contributed by atoms with Gasteiger partial charge in [0.05, 0.1) is 11.3 Å². The van der Waals surface area contributed by atoms with Crippen molar-refractivity contribution in [2.45, 2.75) is 33.2 Å². The van der Waals surface area contributed by atoms with E-state index in [0.29, 0.717) is 5.56 Å². The van der Waals surface area contributed by atoms with Crippen molar-refractivity contribution in [3.8, 4) is 0 Å². The SMILES string of the molecule is CCNc1cc(C)ncc1C(=O)N1CCCN(C)CC1C. The minimum atomic E-state index is 0.0845. The second-order valence-electron chi connectivity index (χ2n) is 5.86. The molecule has 0 aliphatic carbocycles. The van der Waals surface area contributed by atoms with Gasteiger partial charge in [0.1, 0.15) is 0 Å². The van der Waals surface area contributed by atoms with E-state index in [1.807, 2.05) is 24.8 Å². The number of carbonyl (C=O) groups excluding carboxylic acids is 1. The van der Waals surface area contributed by atoms with E-state index in [1.54, 1.807) is 6.20 Å². The molecule has 0 bridgehead atoms. The van der Waals surface area contributed by atoms with E-state index >= 15 is 0 Å². The van der Waals surface area contributed by atoms with Gasteiger partial charge in [-0.2, -0.15) is 0 Å². The summed E-state index contributed by atoms with van der Waals surface area (Å²) in [5.41, 5.74) is 2.49. The van der Waals surface area contributed by atoms with Crippen molar-refractivity contribution in [3.05, 3.63) is 23.5 Å². The van der Waals surface area contributed by atoms with Crippen molar-refractivity contribution >= 4 is 11.6 Å². The summed E-state index contributed by atoms with van der Waals surface area (Å²) in [6.07, 6.45) is 2.72. The van der Waals surface area contributed by atoms with Crippen LogP contribution in [0.2, 0.25) is 0 Å². The highest BCUT2D eigenvalue weighted by molar-refractivity contribution is 5.99. The second-order valence-corrected chi connectivity index (χ2v) is 5.86. The average Bonchev–Trinajstić information content (AvgIpc) is 2.59. The molecule has 0 aromatic carbocycles. The molecule has 21 heavy (non-hydrogen) atoms. The minimum absolute atomic E-state index is 0.0845. The standard InChI is InChI=1S/C16H26N4O/c1-5-17-15-9-12(2)18-10-14(15)16(21)20-8-6-7-19(4)11-13(20)3/h9-10,13H,5-8,11H2,1-4H3,(H,17,18). The number of carbonyl (C=O) groups is 1. The predicted octanol–water partition coefficient (Wildman–Crippen LogP) is 1.99. The van der Waals surface area contributed by atoms with Crippen molar-refractivity contribution in [3.63, 3.8) is 0 Å². The summed E-state index contributed by atoms with van der Waals surface area (Å²) < 4.78 is 0. The zero-order valence-corrected chi connectivity index (χ0v) is 13.5. The third-order valence-corrected chi connectivity index (χ3v) is 3.95. The van der Waals surface area contributed by atoms with E-state index in [2.05, 4.69) is 29.2 Å². The quantitative estimate of drug-likeness (QED) is 0.925. The minimum Gasteiger partial charge on any atom is -0.385 e. The monoisotopic (exact) mass is 290 g/mol. The number of aromatic nitrogens is 1.